The van der Waals surface area contributed by atoms with Gasteiger partial charge in [-0.3, -0.25) is 0 Å². The molecule has 0 aromatic carbocycles. The van der Waals surface area contributed by atoms with E-state index < -0.39 is 0 Å². The number of hydrogen-bond donors (Lipinski definition) is 0. The van der Waals surface area contributed by atoms with Crippen molar-refractivity contribution in [2.24, 2.45) is 0 Å². The maximum absolute atomic E-state index is 2.58. The maximum Gasteiger partial charge on any atom is 1.00 e. The van der Waals surface area contributed by atoms with Crippen LogP contribution in [0.3, 0.4) is 0 Å². The van der Waals surface area contributed by atoms with E-state index >= 15 is 0 Å². The van der Waals surface area contributed by atoms with Crippen LogP contribution >= 0.6 is 26.2 Å². The Balaban J connectivity index is -0.00000000667. The van der Waals surface area contributed by atoms with Crippen molar-refractivity contribution < 1.29 is 52.8 Å². The molecule has 0 aliphatic heterocycles. The van der Waals surface area contributed by atoms with E-state index in [2.05, 4.69) is 16.2 Å². The minimum atomic E-state index is 0. The Morgan fingerprint density at radius 1 is 1.80 bits per heavy atom. The van der Waals surface area contributed by atoms with Crippen molar-refractivity contribution in [1.29, 1.82) is 0 Å². The van der Waals surface area contributed by atoms with Gasteiger partial charge in [0.1, 0.15) is 0 Å². The van der Waals surface area contributed by atoms with Crippen molar-refractivity contribution in [2.45, 2.75) is 6.92 Å². The molecule has 0 aromatic rings. The van der Waals surface area contributed by atoms with Gasteiger partial charge in [-0.15, -0.1) is 26.2 Å². The number of halogens is 1. The van der Waals surface area contributed by atoms with E-state index in [0.717, 1.165) is 0 Å². The summed E-state index contributed by atoms with van der Waals surface area (Å²) in [5.41, 5.74) is 0. The van der Waals surface area contributed by atoms with E-state index in [9.17, 15) is 0 Å². The summed E-state index contributed by atoms with van der Waals surface area (Å²) in [6, 6.07) is 0. The smallest absolute Gasteiger partial charge is 1.00 e. The summed E-state index contributed by atoms with van der Waals surface area (Å²) in [6.45, 7) is 2.09. The van der Waals surface area contributed by atoms with Crippen LogP contribution in [0, 0.1) is 0 Å². The first-order chi connectivity index (χ1) is 1.41. The minimum absolute atomic E-state index is 0. The SMILES string of the molecule is Br.CCP.[H-].[K+]. The molecule has 1 atom stereocenters. The molecule has 5 heavy (non-hydrogen) atoms. The maximum atomic E-state index is 2.58. The van der Waals surface area contributed by atoms with E-state index in [1.54, 1.807) is 0 Å². The standard InChI is InChI=1S/C2H7P.BrH.K.H/c1-2-3;;;/h2-3H2,1H3;1H;;/q;;+1;-1. The zero-order chi connectivity index (χ0) is 2.71. The summed E-state index contributed by atoms with van der Waals surface area (Å²) in [5.74, 6) is 0. The zero-order valence-electron chi connectivity index (χ0n) is 4.69. The van der Waals surface area contributed by atoms with Gasteiger partial charge in [0.15, 0.2) is 0 Å². The van der Waals surface area contributed by atoms with Gasteiger partial charge in [-0.05, 0) is 6.16 Å². The van der Waals surface area contributed by atoms with Crippen LogP contribution in [0.2, 0.25) is 0 Å². The monoisotopic (exact) mass is 182 g/mol. The predicted molar refractivity (Wildman–Crippen MR) is 31.7 cm³/mol. The third kappa shape index (κ3) is 20.9. The average molecular weight is 183 g/mol. The molecule has 0 heterocycles. The van der Waals surface area contributed by atoms with Crippen LogP contribution in [-0.4, -0.2) is 6.16 Å². The molecule has 0 radical (unpaired) electrons. The molecule has 1 unspecified atom stereocenters. The Kier molecular flexibility index (Phi) is 50.1. The van der Waals surface area contributed by atoms with Crippen LogP contribution in [0.1, 0.15) is 8.35 Å². The van der Waals surface area contributed by atoms with E-state index in [-0.39, 0.29) is 69.8 Å². The molecule has 0 aliphatic carbocycles. The fourth-order valence-corrected chi connectivity index (χ4v) is 0. The van der Waals surface area contributed by atoms with Crippen molar-refractivity contribution in [1.82, 2.24) is 0 Å². The molecule has 0 aromatic heterocycles. The van der Waals surface area contributed by atoms with Crippen molar-refractivity contribution in [3.63, 3.8) is 0 Å². The molecule has 0 spiro atoms. The molecule has 0 bridgehead atoms. The van der Waals surface area contributed by atoms with Gasteiger partial charge in [0.05, 0.1) is 0 Å². The normalized spacial score (nSPS) is 3.60. The Morgan fingerprint density at radius 2 is 1.80 bits per heavy atom. The fraction of sp³-hybridized carbons (Fsp3) is 1.00. The topological polar surface area (TPSA) is 0 Å². The van der Waals surface area contributed by atoms with Crippen LogP contribution in [0.4, 0.5) is 0 Å². The molecule has 0 aliphatic rings. The first kappa shape index (κ1) is 15.6. The molecular weight excluding hydrogens is 174 g/mol. The second-order valence-electron chi connectivity index (χ2n) is 0.408. The molecular formula is C2H9BrKP. The van der Waals surface area contributed by atoms with E-state index in [0.29, 0.717) is 0 Å². The Morgan fingerprint density at radius 3 is 1.80 bits per heavy atom. The van der Waals surface area contributed by atoms with Gasteiger partial charge in [-0.2, -0.15) is 0 Å². The Labute approximate surface area is 90.4 Å². The second kappa shape index (κ2) is 16.0. The van der Waals surface area contributed by atoms with Gasteiger partial charge in [-0.25, -0.2) is 0 Å². The number of hydrogen-bond acceptors (Lipinski definition) is 0. The van der Waals surface area contributed by atoms with Gasteiger partial charge in [0, 0.05) is 0 Å². The van der Waals surface area contributed by atoms with Crippen LogP contribution in [0.5, 0.6) is 0 Å². The summed E-state index contributed by atoms with van der Waals surface area (Å²) in [4.78, 5) is 0. The second-order valence-corrected chi connectivity index (χ2v) is 1.22. The van der Waals surface area contributed by atoms with Gasteiger partial charge in [0.2, 0.25) is 0 Å². The minimum Gasteiger partial charge on any atom is -1.00 e. The average Bonchev–Trinajstić information content (AvgIpc) is 0.918. The summed E-state index contributed by atoms with van der Waals surface area (Å²) in [7, 11) is 2.58. The molecule has 0 fully saturated rings. The first-order valence-corrected chi connectivity index (χ1v) is 1.93. The Hall–Kier alpha value is 2.55. The van der Waals surface area contributed by atoms with Crippen molar-refractivity contribution in [2.75, 3.05) is 6.16 Å². The third-order valence-electron chi connectivity index (χ3n) is 0. The van der Waals surface area contributed by atoms with E-state index in [4.69, 9.17) is 0 Å². The van der Waals surface area contributed by atoms with Crippen LogP contribution < -0.4 is 51.4 Å². The van der Waals surface area contributed by atoms with Gasteiger partial charge >= 0.3 is 51.4 Å². The van der Waals surface area contributed by atoms with Gasteiger partial charge in [0.25, 0.3) is 0 Å². The van der Waals surface area contributed by atoms with Crippen LogP contribution in [-0.2, 0) is 0 Å². The molecule has 30 valence electrons. The quantitative estimate of drug-likeness (QED) is 0.319. The molecule has 0 rings (SSSR count). The molecule has 0 saturated heterocycles. The van der Waals surface area contributed by atoms with Gasteiger partial charge in [-0.1, -0.05) is 6.92 Å². The van der Waals surface area contributed by atoms with Crippen molar-refractivity contribution in [3.05, 3.63) is 0 Å². The molecule has 0 saturated carbocycles. The third-order valence-corrected chi connectivity index (χ3v) is 0. The Bertz CT molecular complexity index is 13.5. The van der Waals surface area contributed by atoms with Gasteiger partial charge < -0.3 is 1.43 Å². The summed E-state index contributed by atoms with van der Waals surface area (Å²) in [5, 5.41) is 0. The summed E-state index contributed by atoms with van der Waals surface area (Å²) >= 11 is 0. The summed E-state index contributed by atoms with van der Waals surface area (Å²) < 4.78 is 0. The van der Waals surface area contributed by atoms with E-state index in [1.807, 2.05) is 0 Å². The predicted octanol–water partition coefficient (Wildman–Crippen LogP) is -1.42. The van der Waals surface area contributed by atoms with E-state index in [1.165, 1.54) is 6.16 Å². The van der Waals surface area contributed by atoms with Crippen LogP contribution in [0.25, 0.3) is 0 Å². The molecule has 0 nitrogen and oxygen atoms in total. The molecule has 0 amide bonds. The fourth-order valence-electron chi connectivity index (χ4n) is 0. The molecule has 0 N–H and O–H groups in total. The van der Waals surface area contributed by atoms with Crippen LogP contribution in [0.15, 0.2) is 0 Å². The number of rotatable bonds is 0. The first-order valence-electron chi connectivity index (χ1n) is 1.12. The zero-order valence-corrected chi connectivity index (χ0v) is 9.68. The van der Waals surface area contributed by atoms with Crippen molar-refractivity contribution >= 4 is 26.2 Å². The summed E-state index contributed by atoms with van der Waals surface area (Å²) in [6.07, 6.45) is 1.17. The molecule has 3 heteroatoms. The largest absolute Gasteiger partial charge is 1.00 e. The van der Waals surface area contributed by atoms with Crippen molar-refractivity contribution in [3.8, 4) is 0 Å².